The maximum atomic E-state index is 12.8. The predicted octanol–water partition coefficient (Wildman–Crippen LogP) is 4.49. The number of hydrogen-bond donors (Lipinski definition) is 0. The van der Waals surface area contributed by atoms with Gasteiger partial charge in [-0.25, -0.2) is 0 Å². The zero-order valence-corrected chi connectivity index (χ0v) is 15.4. The van der Waals surface area contributed by atoms with Crippen LogP contribution in [0.5, 0.6) is 0 Å². The molecule has 4 rings (SSSR count). The molecule has 1 aromatic rings. The summed E-state index contributed by atoms with van der Waals surface area (Å²) < 4.78 is 1.01. The molecule has 3 aliphatic rings. The van der Waals surface area contributed by atoms with E-state index in [1.807, 2.05) is 31.3 Å². The van der Waals surface area contributed by atoms with Crippen molar-refractivity contribution in [2.45, 2.75) is 44.4 Å². The van der Waals surface area contributed by atoms with E-state index in [0.29, 0.717) is 12.8 Å². The summed E-state index contributed by atoms with van der Waals surface area (Å²) in [5, 5.41) is 0. The highest BCUT2D eigenvalue weighted by Gasteiger charge is 2.42. The molecule has 24 heavy (non-hydrogen) atoms. The molecule has 1 aromatic carbocycles. The Morgan fingerprint density at radius 1 is 0.875 bits per heavy atom. The van der Waals surface area contributed by atoms with Crippen LogP contribution in [0.4, 0.5) is 0 Å². The van der Waals surface area contributed by atoms with E-state index in [1.165, 1.54) is 0 Å². The number of Topliss-reactive ketones (excluding diaryl/α,β-unsaturated/α-hetero) is 2. The summed E-state index contributed by atoms with van der Waals surface area (Å²) in [5.41, 5.74) is 5.04. The van der Waals surface area contributed by atoms with Gasteiger partial charge in [-0.2, -0.15) is 0 Å². The van der Waals surface area contributed by atoms with Crippen molar-refractivity contribution in [2.24, 2.45) is 0 Å². The molecule has 1 aliphatic heterocycles. The molecule has 0 bridgehead atoms. The Hall–Kier alpha value is -1.68. The average Bonchev–Trinajstić information content (AvgIpc) is 2.58. The molecule has 2 aliphatic carbocycles. The molecule has 0 radical (unpaired) electrons. The third kappa shape index (κ3) is 2.39. The summed E-state index contributed by atoms with van der Waals surface area (Å²) in [6, 6.07) is 8.07. The maximum Gasteiger partial charge on any atom is 0.161 e. The summed E-state index contributed by atoms with van der Waals surface area (Å²) in [5.74, 6) is 0.238. The summed E-state index contributed by atoms with van der Waals surface area (Å²) in [7, 11) is 2.03. The van der Waals surface area contributed by atoms with E-state index < -0.39 is 0 Å². The minimum Gasteiger partial charge on any atom is -0.351 e. The molecule has 0 aromatic heterocycles. The van der Waals surface area contributed by atoms with E-state index in [0.717, 1.165) is 58.3 Å². The first-order valence-corrected chi connectivity index (χ1v) is 9.39. The zero-order chi connectivity index (χ0) is 16.8. The molecule has 0 spiro atoms. The van der Waals surface area contributed by atoms with E-state index in [9.17, 15) is 9.59 Å². The SMILES string of the molecule is CN1C2=C(C(=O)CCC2)C(c2ccc(Br)cc2)C2=C1CCCC2=O. The third-order valence-electron chi connectivity index (χ3n) is 5.45. The minimum atomic E-state index is -0.181. The summed E-state index contributed by atoms with van der Waals surface area (Å²) in [6.45, 7) is 0. The van der Waals surface area contributed by atoms with Crippen molar-refractivity contribution in [3.8, 4) is 0 Å². The van der Waals surface area contributed by atoms with Crippen LogP contribution in [-0.2, 0) is 9.59 Å². The molecular formula is C20H20BrNO2. The normalized spacial score (nSPS) is 22.0. The van der Waals surface area contributed by atoms with E-state index in [2.05, 4.69) is 20.8 Å². The Morgan fingerprint density at radius 2 is 1.38 bits per heavy atom. The van der Waals surface area contributed by atoms with Gasteiger partial charge in [0.15, 0.2) is 11.6 Å². The standard InChI is InChI=1S/C20H20BrNO2/c1-22-14-4-2-6-16(23)19(14)18(12-8-10-13(21)11-9-12)20-15(22)5-3-7-17(20)24/h8-11,18H,2-7H2,1H3. The Labute approximate surface area is 150 Å². The van der Waals surface area contributed by atoms with Crippen LogP contribution in [0.15, 0.2) is 51.3 Å². The van der Waals surface area contributed by atoms with Gasteiger partial charge in [0, 0.05) is 52.8 Å². The quantitative estimate of drug-likeness (QED) is 0.714. The van der Waals surface area contributed by atoms with Crippen LogP contribution in [0.2, 0.25) is 0 Å². The lowest BCUT2D eigenvalue weighted by molar-refractivity contribution is -0.117. The lowest BCUT2D eigenvalue weighted by atomic mass is 9.71. The molecule has 0 unspecified atom stereocenters. The van der Waals surface area contributed by atoms with Crippen molar-refractivity contribution in [1.29, 1.82) is 0 Å². The number of carbonyl (C=O) groups is 2. The molecule has 3 nitrogen and oxygen atoms in total. The number of rotatable bonds is 1. The second kappa shape index (κ2) is 5.99. The first kappa shape index (κ1) is 15.8. The van der Waals surface area contributed by atoms with Gasteiger partial charge in [-0.05, 0) is 43.4 Å². The van der Waals surface area contributed by atoms with Crippen LogP contribution in [0.25, 0.3) is 0 Å². The number of hydrogen-bond acceptors (Lipinski definition) is 3. The Bertz CT molecular complexity index is 744. The van der Waals surface area contributed by atoms with Crippen molar-refractivity contribution in [2.75, 3.05) is 7.05 Å². The fraction of sp³-hybridized carbons (Fsp3) is 0.400. The van der Waals surface area contributed by atoms with Crippen molar-refractivity contribution < 1.29 is 9.59 Å². The van der Waals surface area contributed by atoms with E-state index in [4.69, 9.17) is 0 Å². The number of nitrogens with zero attached hydrogens (tertiary/aromatic N) is 1. The van der Waals surface area contributed by atoms with Gasteiger partial charge in [0.1, 0.15) is 0 Å². The molecule has 0 saturated carbocycles. The largest absolute Gasteiger partial charge is 0.351 e. The Morgan fingerprint density at radius 3 is 1.88 bits per heavy atom. The summed E-state index contributed by atoms with van der Waals surface area (Å²) in [6.07, 6.45) is 4.86. The van der Waals surface area contributed by atoms with Crippen LogP contribution in [-0.4, -0.2) is 23.5 Å². The van der Waals surface area contributed by atoms with Gasteiger partial charge in [0.2, 0.25) is 0 Å². The van der Waals surface area contributed by atoms with Crippen molar-refractivity contribution in [1.82, 2.24) is 4.90 Å². The second-order valence-electron chi connectivity index (χ2n) is 6.82. The lowest BCUT2D eigenvalue weighted by Gasteiger charge is -2.42. The molecule has 0 fully saturated rings. The van der Waals surface area contributed by atoms with Crippen LogP contribution in [0, 0.1) is 0 Å². The second-order valence-corrected chi connectivity index (χ2v) is 7.73. The average molecular weight is 386 g/mol. The topological polar surface area (TPSA) is 37.4 Å². The van der Waals surface area contributed by atoms with Gasteiger partial charge in [-0.15, -0.1) is 0 Å². The number of benzene rings is 1. The molecule has 0 saturated heterocycles. The van der Waals surface area contributed by atoms with Crippen molar-refractivity contribution in [3.63, 3.8) is 0 Å². The monoisotopic (exact) mass is 385 g/mol. The Kier molecular flexibility index (Phi) is 3.95. The number of allylic oxidation sites excluding steroid dienone is 4. The van der Waals surface area contributed by atoms with E-state index in [1.54, 1.807) is 0 Å². The van der Waals surface area contributed by atoms with Gasteiger partial charge in [0.25, 0.3) is 0 Å². The highest BCUT2D eigenvalue weighted by molar-refractivity contribution is 9.10. The third-order valence-corrected chi connectivity index (χ3v) is 5.98. The number of ketones is 2. The molecule has 4 heteroatoms. The van der Waals surface area contributed by atoms with Crippen LogP contribution in [0.1, 0.15) is 50.0 Å². The van der Waals surface area contributed by atoms with Crippen LogP contribution >= 0.6 is 15.9 Å². The number of carbonyl (C=O) groups excluding carboxylic acids is 2. The molecule has 0 atom stereocenters. The highest BCUT2D eigenvalue weighted by atomic mass is 79.9. The first-order valence-electron chi connectivity index (χ1n) is 8.59. The Balaban J connectivity index is 1.94. The van der Waals surface area contributed by atoms with Crippen molar-refractivity contribution in [3.05, 3.63) is 56.8 Å². The lowest BCUT2D eigenvalue weighted by Crippen LogP contribution is -2.37. The highest BCUT2D eigenvalue weighted by Crippen LogP contribution is 2.48. The van der Waals surface area contributed by atoms with Gasteiger partial charge < -0.3 is 4.90 Å². The first-order chi connectivity index (χ1) is 11.6. The minimum absolute atomic E-state index is 0.181. The van der Waals surface area contributed by atoms with Crippen LogP contribution in [0.3, 0.4) is 0 Å². The molecule has 124 valence electrons. The smallest absolute Gasteiger partial charge is 0.161 e. The zero-order valence-electron chi connectivity index (χ0n) is 13.8. The van der Waals surface area contributed by atoms with Gasteiger partial charge >= 0.3 is 0 Å². The number of halogens is 1. The maximum absolute atomic E-state index is 12.8. The molecule has 0 amide bonds. The summed E-state index contributed by atoms with van der Waals surface area (Å²) in [4.78, 5) is 27.7. The fourth-order valence-corrected chi connectivity index (χ4v) is 4.61. The van der Waals surface area contributed by atoms with E-state index >= 15 is 0 Å². The van der Waals surface area contributed by atoms with Crippen molar-refractivity contribution >= 4 is 27.5 Å². The van der Waals surface area contributed by atoms with Gasteiger partial charge in [-0.1, -0.05) is 28.1 Å². The van der Waals surface area contributed by atoms with Crippen LogP contribution < -0.4 is 0 Å². The molecule has 1 heterocycles. The van der Waals surface area contributed by atoms with Gasteiger partial charge in [0.05, 0.1) is 0 Å². The summed E-state index contributed by atoms with van der Waals surface area (Å²) >= 11 is 3.47. The van der Waals surface area contributed by atoms with E-state index in [-0.39, 0.29) is 17.5 Å². The molecular weight excluding hydrogens is 366 g/mol. The molecule has 0 N–H and O–H groups in total. The predicted molar refractivity (Wildman–Crippen MR) is 96.4 cm³/mol. The van der Waals surface area contributed by atoms with Gasteiger partial charge in [-0.3, -0.25) is 9.59 Å². The fourth-order valence-electron chi connectivity index (χ4n) is 4.34.